The summed E-state index contributed by atoms with van der Waals surface area (Å²) in [6.07, 6.45) is 8.64. The number of carboxylic acids is 1. The third-order valence-electron chi connectivity index (χ3n) is 5.38. The average Bonchev–Trinajstić information content (AvgIpc) is 3.29. The van der Waals surface area contributed by atoms with Gasteiger partial charge in [0.2, 0.25) is 0 Å². The van der Waals surface area contributed by atoms with Gasteiger partial charge in [-0.1, -0.05) is 47.7 Å². The van der Waals surface area contributed by atoms with Crippen molar-refractivity contribution in [1.82, 2.24) is 4.98 Å². The van der Waals surface area contributed by atoms with Crippen LogP contribution in [-0.4, -0.2) is 38.4 Å². The molecule has 1 heterocycles. The van der Waals surface area contributed by atoms with Crippen molar-refractivity contribution in [1.29, 1.82) is 0 Å². The smallest absolute Gasteiger partial charge is 0.355 e. The van der Waals surface area contributed by atoms with Crippen molar-refractivity contribution in [3.05, 3.63) is 64.2 Å². The Labute approximate surface area is 201 Å². The number of aliphatic hydroxyl groups excluding tert-OH is 1. The zero-order valence-electron chi connectivity index (χ0n) is 16.9. The molecule has 2 aromatic rings. The number of thiazole rings is 1. The Kier molecular flexibility index (Phi) is 9.05. The number of carbonyl (C=O) groups is 1. The van der Waals surface area contributed by atoms with E-state index in [4.69, 9.17) is 28.3 Å². The van der Waals surface area contributed by atoms with E-state index in [1.54, 1.807) is 5.38 Å². The average molecular weight is 498 g/mol. The Balaban J connectivity index is 1.64. The van der Waals surface area contributed by atoms with Crippen molar-refractivity contribution in [2.75, 3.05) is 5.75 Å². The zero-order valence-corrected chi connectivity index (χ0v) is 20.1. The highest BCUT2D eigenvalue weighted by Gasteiger charge is 2.39. The summed E-state index contributed by atoms with van der Waals surface area (Å²) in [5.74, 6) is -0.148. The lowest BCUT2D eigenvalue weighted by molar-refractivity contribution is 0.0691. The minimum absolute atomic E-state index is 0.0374. The summed E-state index contributed by atoms with van der Waals surface area (Å²) in [6, 6.07) is 6.00. The lowest BCUT2D eigenvalue weighted by atomic mass is 9.91. The molecule has 0 saturated heterocycles. The lowest BCUT2D eigenvalue weighted by Crippen LogP contribution is -2.19. The molecule has 1 saturated carbocycles. The van der Waals surface area contributed by atoms with Gasteiger partial charge in [0.15, 0.2) is 10.0 Å². The maximum absolute atomic E-state index is 11.0. The molecule has 1 aromatic carbocycles. The van der Waals surface area contributed by atoms with Gasteiger partial charge in [0.25, 0.3) is 0 Å². The number of aromatic carboxylic acids is 1. The SMILES string of the molecule is C=CCCc1cc(Cl)cc(/C=C/[C@@H]2[C@@H](CCSc3nc(C(=O)O)cs3)[C@H](Cl)C[C@H]2O)c1. The van der Waals surface area contributed by atoms with Crippen LogP contribution in [0.3, 0.4) is 0 Å². The number of aliphatic hydroxyl groups is 1. The highest BCUT2D eigenvalue weighted by Crippen LogP contribution is 2.40. The molecule has 8 heteroatoms. The third-order valence-corrected chi connectivity index (χ3v) is 8.15. The van der Waals surface area contributed by atoms with Crippen molar-refractivity contribution >= 4 is 58.3 Å². The number of thioether (sulfide) groups is 1. The van der Waals surface area contributed by atoms with E-state index < -0.39 is 12.1 Å². The third kappa shape index (κ3) is 6.83. The Hall–Kier alpha value is -1.31. The molecule has 0 spiro atoms. The summed E-state index contributed by atoms with van der Waals surface area (Å²) in [5.41, 5.74) is 2.24. The summed E-state index contributed by atoms with van der Waals surface area (Å²) in [5, 5.41) is 21.7. The monoisotopic (exact) mass is 497 g/mol. The summed E-state index contributed by atoms with van der Waals surface area (Å²) in [6.45, 7) is 3.77. The molecule has 0 radical (unpaired) electrons. The number of nitrogens with zero attached hydrogens (tertiary/aromatic N) is 1. The van der Waals surface area contributed by atoms with E-state index in [9.17, 15) is 9.90 Å². The molecule has 4 atom stereocenters. The van der Waals surface area contributed by atoms with Gasteiger partial charge in [-0.05, 0) is 54.9 Å². The number of carboxylic acid groups (broad SMARTS) is 1. The molecular weight excluding hydrogens is 473 g/mol. The number of halogens is 2. The van der Waals surface area contributed by atoms with Crippen LogP contribution in [0.5, 0.6) is 0 Å². The summed E-state index contributed by atoms with van der Waals surface area (Å²) < 4.78 is 0.736. The van der Waals surface area contributed by atoms with Crippen LogP contribution in [0, 0.1) is 11.8 Å². The topological polar surface area (TPSA) is 70.4 Å². The van der Waals surface area contributed by atoms with E-state index >= 15 is 0 Å². The molecule has 31 heavy (non-hydrogen) atoms. The number of benzene rings is 1. The molecule has 3 rings (SSSR count). The van der Waals surface area contributed by atoms with Gasteiger partial charge in [-0.3, -0.25) is 0 Å². The van der Waals surface area contributed by atoms with E-state index in [-0.39, 0.29) is 22.9 Å². The Morgan fingerprint density at radius 3 is 2.90 bits per heavy atom. The first-order valence-electron chi connectivity index (χ1n) is 10.1. The van der Waals surface area contributed by atoms with Crippen LogP contribution in [0.25, 0.3) is 6.08 Å². The zero-order chi connectivity index (χ0) is 22.4. The number of aromatic nitrogens is 1. The second kappa shape index (κ2) is 11.5. The predicted octanol–water partition coefficient (Wildman–Crippen LogP) is 6.41. The molecule has 166 valence electrons. The summed E-state index contributed by atoms with van der Waals surface area (Å²) >= 11 is 15.7. The summed E-state index contributed by atoms with van der Waals surface area (Å²) in [7, 11) is 0. The van der Waals surface area contributed by atoms with Gasteiger partial charge in [0, 0.05) is 27.5 Å². The molecule has 1 aromatic heterocycles. The summed E-state index contributed by atoms with van der Waals surface area (Å²) in [4.78, 5) is 15.1. The molecule has 4 nitrogen and oxygen atoms in total. The molecule has 1 fully saturated rings. The van der Waals surface area contributed by atoms with Gasteiger partial charge in [0.1, 0.15) is 0 Å². The second-order valence-corrected chi connectivity index (χ2v) is 10.8. The Morgan fingerprint density at radius 1 is 1.39 bits per heavy atom. The fourth-order valence-electron chi connectivity index (χ4n) is 3.84. The quantitative estimate of drug-likeness (QED) is 0.225. The first-order chi connectivity index (χ1) is 14.9. The number of hydrogen-bond acceptors (Lipinski definition) is 5. The molecule has 2 N–H and O–H groups in total. The van der Waals surface area contributed by atoms with Gasteiger partial charge >= 0.3 is 5.97 Å². The maximum Gasteiger partial charge on any atom is 0.355 e. The molecule has 0 aliphatic heterocycles. The molecular formula is C23H25Cl2NO3S2. The lowest BCUT2D eigenvalue weighted by Gasteiger charge is -2.20. The van der Waals surface area contributed by atoms with E-state index in [0.29, 0.717) is 11.4 Å². The molecule has 1 aliphatic rings. The molecule has 1 aliphatic carbocycles. The first-order valence-corrected chi connectivity index (χ1v) is 12.8. The highest BCUT2D eigenvalue weighted by molar-refractivity contribution is 8.01. The first kappa shape index (κ1) is 24.3. The highest BCUT2D eigenvalue weighted by atomic mass is 35.5. The molecule has 0 amide bonds. The van der Waals surface area contributed by atoms with E-state index in [1.807, 2.05) is 24.3 Å². The van der Waals surface area contributed by atoms with Crippen LogP contribution in [-0.2, 0) is 6.42 Å². The number of alkyl halides is 1. The molecule has 0 unspecified atom stereocenters. The maximum atomic E-state index is 11.0. The van der Waals surface area contributed by atoms with Crippen molar-refractivity contribution < 1.29 is 15.0 Å². The number of allylic oxidation sites excluding steroid dienone is 1. The van der Waals surface area contributed by atoms with Gasteiger partial charge in [-0.25, -0.2) is 9.78 Å². The van der Waals surface area contributed by atoms with Crippen molar-refractivity contribution in [2.45, 2.75) is 41.5 Å². The fraction of sp³-hybridized carbons (Fsp3) is 0.391. The number of aryl methyl sites for hydroxylation is 1. The van der Waals surface area contributed by atoms with Crippen LogP contribution in [0.1, 0.15) is 40.9 Å². The van der Waals surface area contributed by atoms with Crippen LogP contribution in [0.2, 0.25) is 5.02 Å². The Bertz CT molecular complexity index is 947. The minimum Gasteiger partial charge on any atom is -0.476 e. The predicted molar refractivity (Wildman–Crippen MR) is 131 cm³/mol. The van der Waals surface area contributed by atoms with Gasteiger partial charge in [0.05, 0.1) is 6.10 Å². The second-order valence-electron chi connectivity index (χ2n) is 7.58. The van der Waals surface area contributed by atoms with Crippen molar-refractivity contribution in [2.24, 2.45) is 11.8 Å². The largest absolute Gasteiger partial charge is 0.476 e. The Morgan fingerprint density at radius 2 is 2.19 bits per heavy atom. The van der Waals surface area contributed by atoms with Gasteiger partial charge in [-0.15, -0.1) is 29.5 Å². The van der Waals surface area contributed by atoms with E-state index in [1.165, 1.54) is 23.1 Å². The van der Waals surface area contributed by atoms with Crippen molar-refractivity contribution in [3.8, 4) is 0 Å². The van der Waals surface area contributed by atoms with Crippen molar-refractivity contribution in [3.63, 3.8) is 0 Å². The van der Waals surface area contributed by atoms with Crippen LogP contribution < -0.4 is 0 Å². The van der Waals surface area contributed by atoms with Gasteiger partial charge < -0.3 is 10.2 Å². The minimum atomic E-state index is -1.01. The standard InChI is InChI=1S/C23H25Cl2NO3S2/c1-2-3-4-14-9-15(11-16(24)10-14)5-6-18-17(19(25)12-21(18)27)7-8-30-23-26-20(13-31-23)22(28)29/h2,5-6,9-11,13,17-19,21,27H,1,3-4,7-8,12H2,(H,28,29)/b6-5+/t17-,18-,19-,21-/m1/s1. The van der Waals surface area contributed by atoms with Gasteiger partial charge in [-0.2, -0.15) is 0 Å². The fourth-order valence-corrected chi connectivity index (χ4v) is 6.50. The van der Waals surface area contributed by atoms with E-state index in [0.717, 1.165) is 40.5 Å². The van der Waals surface area contributed by atoms with Crippen LogP contribution in [0.15, 0.2) is 46.6 Å². The van der Waals surface area contributed by atoms with Crippen LogP contribution in [0.4, 0.5) is 0 Å². The van der Waals surface area contributed by atoms with E-state index in [2.05, 4.69) is 23.7 Å². The van der Waals surface area contributed by atoms with Crippen LogP contribution >= 0.6 is 46.3 Å². The normalized spacial score (nSPS) is 23.5. The number of hydrogen-bond donors (Lipinski definition) is 2. The number of rotatable bonds is 10. The molecule has 0 bridgehead atoms.